The Bertz CT molecular complexity index is 5420. The smallest absolute Gasteiger partial charge is 0.227 e. The summed E-state index contributed by atoms with van der Waals surface area (Å²) in [6, 6.07) is 89.3. The SMILES string of the molecule is Cc1ccc(-c2cccc3c2oc2cccnc23)cc1.Cc1ccc(-c2cccc3c2oc2ccncc23)cc1.Cc1ccc(-c2cccc3c2oc2cnccc23)cc1.Cc1ccc(-c2cccc3c2oc2ncccc23)cc1.Cc1ccc(-c2ccnc3c2oc2ccccc23)cc1. The summed E-state index contributed by atoms with van der Waals surface area (Å²) in [5.41, 5.74) is 28.2. The van der Waals surface area contributed by atoms with Crippen LogP contribution in [0.2, 0.25) is 0 Å². The van der Waals surface area contributed by atoms with Gasteiger partial charge in [0.05, 0.1) is 6.20 Å². The highest BCUT2D eigenvalue weighted by Gasteiger charge is 2.18. The molecule has 0 amide bonds. The van der Waals surface area contributed by atoms with Gasteiger partial charge in [0, 0.05) is 108 Å². The van der Waals surface area contributed by atoms with Crippen LogP contribution in [0.1, 0.15) is 27.8 Å². The van der Waals surface area contributed by atoms with Crippen molar-refractivity contribution in [1.82, 2.24) is 24.9 Å². The average Bonchev–Trinajstić information content (AvgIpc) is 1.66. The lowest BCUT2D eigenvalue weighted by Crippen LogP contribution is -1.81. The van der Waals surface area contributed by atoms with Gasteiger partial charge in [-0.25, -0.2) is 4.98 Å². The zero-order valence-electron chi connectivity index (χ0n) is 55.6. The number of aromatic nitrogens is 5. The van der Waals surface area contributed by atoms with E-state index in [0.29, 0.717) is 5.71 Å². The second-order valence-electron chi connectivity index (χ2n) is 25.1. The predicted molar refractivity (Wildman–Crippen MR) is 408 cm³/mol. The van der Waals surface area contributed by atoms with Gasteiger partial charge in [-0.15, -0.1) is 0 Å². The minimum absolute atomic E-state index is 0.696. The van der Waals surface area contributed by atoms with Gasteiger partial charge < -0.3 is 22.1 Å². The second kappa shape index (κ2) is 26.9. The first-order valence-corrected chi connectivity index (χ1v) is 33.3. The van der Waals surface area contributed by atoms with E-state index in [0.717, 1.165) is 138 Å². The molecule has 0 saturated carbocycles. The van der Waals surface area contributed by atoms with Crippen LogP contribution in [0.15, 0.2) is 326 Å². The summed E-state index contributed by atoms with van der Waals surface area (Å²) in [5, 5.41) is 8.75. The van der Waals surface area contributed by atoms with Crippen molar-refractivity contribution in [1.29, 1.82) is 0 Å². The Morgan fingerprint density at radius 2 is 0.590 bits per heavy atom. The van der Waals surface area contributed by atoms with Crippen LogP contribution in [0, 0.1) is 34.6 Å². The van der Waals surface area contributed by atoms with E-state index >= 15 is 0 Å². The van der Waals surface area contributed by atoms with E-state index in [1.807, 2.05) is 79.1 Å². The molecule has 20 aromatic rings. The minimum Gasteiger partial charge on any atom is -0.455 e. The minimum atomic E-state index is 0.696. The average molecular weight is 1300 g/mol. The Balaban J connectivity index is 0.0000000972. The molecule has 10 aromatic heterocycles. The normalized spacial score (nSPS) is 11.2. The number of para-hydroxylation sites is 5. The van der Waals surface area contributed by atoms with Gasteiger partial charge in [-0.1, -0.05) is 228 Å². The number of hydrogen-bond donors (Lipinski definition) is 0. The summed E-state index contributed by atoms with van der Waals surface area (Å²) in [7, 11) is 0. The molecule has 100 heavy (non-hydrogen) atoms. The van der Waals surface area contributed by atoms with Gasteiger partial charge in [-0.3, -0.25) is 19.9 Å². The first kappa shape index (κ1) is 61.8. The summed E-state index contributed by atoms with van der Waals surface area (Å²) in [6.07, 6.45) is 12.6. The Hall–Kier alpha value is -13.1. The molecule has 0 atom stereocenters. The molecular formula is C90H65N5O5. The molecule has 0 bridgehead atoms. The van der Waals surface area contributed by atoms with Crippen LogP contribution < -0.4 is 0 Å². The first-order valence-electron chi connectivity index (χ1n) is 33.3. The number of benzene rings is 10. The molecule has 20 rings (SSSR count). The molecule has 10 aromatic carbocycles. The first-order chi connectivity index (χ1) is 49.1. The molecule has 0 saturated heterocycles. The van der Waals surface area contributed by atoms with Gasteiger partial charge in [-0.2, -0.15) is 0 Å². The number of pyridine rings is 5. The van der Waals surface area contributed by atoms with Crippen LogP contribution in [0.5, 0.6) is 0 Å². The molecule has 0 aliphatic heterocycles. The van der Waals surface area contributed by atoms with E-state index in [2.05, 4.69) is 254 Å². The maximum Gasteiger partial charge on any atom is 0.227 e. The van der Waals surface area contributed by atoms with Crippen LogP contribution in [0.25, 0.3) is 166 Å². The fourth-order valence-corrected chi connectivity index (χ4v) is 13.0. The van der Waals surface area contributed by atoms with Crippen LogP contribution in [-0.2, 0) is 0 Å². The van der Waals surface area contributed by atoms with Gasteiger partial charge in [-0.05, 0) is 123 Å². The predicted octanol–water partition coefficient (Wildman–Crippen LogP) is 24.8. The third-order valence-electron chi connectivity index (χ3n) is 18.2. The standard InChI is InChI=1S/5C18H13NO/c1-12-7-9-13(10-8-12)14-4-2-5-15-17-16(20-18(14)15)6-3-11-19-17;1-12-7-9-13(10-8-12)14-4-2-5-15-16-6-3-11-19-18(16)20-17(14)15;1-12-5-7-13(8-6-12)14-3-2-4-16-15-9-10-19-11-17(15)20-18(14)16;1-12-5-7-13(8-6-12)14-3-2-4-15-16-11-19-10-9-17(16)20-18(14)15;1-12-6-8-13(9-7-12)14-10-11-19-17-15-4-2-3-5-16(15)20-18(14)17/h5*2-11H,1H3. The van der Waals surface area contributed by atoms with Crippen molar-refractivity contribution in [2.45, 2.75) is 34.6 Å². The van der Waals surface area contributed by atoms with Crippen molar-refractivity contribution in [2.24, 2.45) is 0 Å². The lowest BCUT2D eigenvalue weighted by Gasteiger charge is -2.03. The van der Waals surface area contributed by atoms with E-state index < -0.39 is 0 Å². The number of fused-ring (bicyclic) bond motifs is 15. The quantitative estimate of drug-likeness (QED) is 0.164. The number of rotatable bonds is 5. The fourth-order valence-electron chi connectivity index (χ4n) is 13.0. The van der Waals surface area contributed by atoms with E-state index in [1.165, 1.54) is 50.1 Å². The fraction of sp³-hybridized carbons (Fsp3) is 0.0556. The van der Waals surface area contributed by atoms with E-state index in [-0.39, 0.29) is 0 Å². The van der Waals surface area contributed by atoms with Gasteiger partial charge in [0.2, 0.25) is 5.71 Å². The molecule has 10 heteroatoms. The summed E-state index contributed by atoms with van der Waals surface area (Å²) in [6.45, 7) is 10.5. The molecule has 0 unspecified atom stereocenters. The summed E-state index contributed by atoms with van der Waals surface area (Å²) in [4.78, 5) is 21.5. The largest absolute Gasteiger partial charge is 0.455 e. The van der Waals surface area contributed by atoms with Crippen LogP contribution >= 0.6 is 0 Å². The van der Waals surface area contributed by atoms with Crippen molar-refractivity contribution < 1.29 is 22.1 Å². The summed E-state index contributed by atoms with van der Waals surface area (Å²) in [5.74, 6) is 0. The molecule has 0 aliphatic rings. The zero-order chi connectivity index (χ0) is 67.6. The second-order valence-corrected chi connectivity index (χ2v) is 25.1. The molecule has 10 nitrogen and oxygen atoms in total. The molecule has 0 N–H and O–H groups in total. The Morgan fingerprint density at radius 1 is 0.210 bits per heavy atom. The molecule has 0 aliphatic carbocycles. The van der Waals surface area contributed by atoms with Gasteiger partial charge in [0.15, 0.2) is 16.7 Å². The topological polar surface area (TPSA) is 130 Å². The zero-order valence-corrected chi connectivity index (χ0v) is 55.6. The molecule has 0 spiro atoms. The van der Waals surface area contributed by atoms with Crippen LogP contribution in [0.3, 0.4) is 0 Å². The summed E-state index contributed by atoms with van der Waals surface area (Å²) >= 11 is 0. The number of aryl methyl sites for hydroxylation is 5. The Labute approximate surface area is 576 Å². The molecule has 10 heterocycles. The van der Waals surface area contributed by atoms with Crippen LogP contribution in [-0.4, -0.2) is 24.9 Å². The Kier molecular flexibility index (Phi) is 16.6. The third kappa shape index (κ3) is 12.2. The highest BCUT2D eigenvalue weighted by Crippen LogP contribution is 2.40. The van der Waals surface area contributed by atoms with Gasteiger partial charge in [0.25, 0.3) is 0 Å². The van der Waals surface area contributed by atoms with Crippen molar-refractivity contribution in [3.63, 3.8) is 0 Å². The maximum atomic E-state index is 6.03. The van der Waals surface area contributed by atoms with Crippen LogP contribution in [0.4, 0.5) is 0 Å². The molecular weight excluding hydrogens is 1230 g/mol. The monoisotopic (exact) mass is 1300 g/mol. The van der Waals surface area contributed by atoms with Crippen molar-refractivity contribution in [2.75, 3.05) is 0 Å². The summed E-state index contributed by atoms with van der Waals surface area (Å²) < 4.78 is 30.0. The van der Waals surface area contributed by atoms with Crippen molar-refractivity contribution in [3.8, 4) is 55.6 Å². The molecule has 480 valence electrons. The number of furan rings is 5. The lowest BCUT2D eigenvalue weighted by atomic mass is 10.0. The van der Waals surface area contributed by atoms with E-state index in [4.69, 9.17) is 22.1 Å². The highest BCUT2D eigenvalue weighted by atomic mass is 16.3. The lowest BCUT2D eigenvalue weighted by molar-refractivity contribution is 0.655. The third-order valence-corrected chi connectivity index (χ3v) is 18.2. The number of nitrogens with zero attached hydrogens (tertiary/aromatic N) is 5. The van der Waals surface area contributed by atoms with E-state index in [9.17, 15) is 0 Å². The highest BCUT2D eigenvalue weighted by molar-refractivity contribution is 6.12. The Morgan fingerprint density at radius 3 is 1.16 bits per heavy atom. The maximum absolute atomic E-state index is 6.03. The van der Waals surface area contributed by atoms with E-state index in [1.54, 1.807) is 31.0 Å². The molecule has 0 fully saturated rings. The number of hydrogen-bond acceptors (Lipinski definition) is 10. The van der Waals surface area contributed by atoms with Crippen molar-refractivity contribution >= 4 is 110 Å². The van der Waals surface area contributed by atoms with Crippen molar-refractivity contribution in [3.05, 3.63) is 332 Å². The van der Waals surface area contributed by atoms with Gasteiger partial charge in [0.1, 0.15) is 44.5 Å². The molecule has 0 radical (unpaired) electrons. The van der Waals surface area contributed by atoms with Gasteiger partial charge >= 0.3 is 0 Å².